The van der Waals surface area contributed by atoms with Gasteiger partial charge in [-0.15, -0.1) is 0 Å². The molecule has 0 spiro atoms. The van der Waals surface area contributed by atoms with Crippen molar-refractivity contribution in [1.82, 2.24) is 15.2 Å². The molecule has 1 fully saturated rings. The van der Waals surface area contributed by atoms with E-state index in [0.29, 0.717) is 29.9 Å². The highest BCUT2D eigenvalue weighted by Crippen LogP contribution is 2.33. The lowest BCUT2D eigenvalue weighted by Crippen LogP contribution is -2.49. The van der Waals surface area contributed by atoms with E-state index in [1.54, 1.807) is 20.0 Å². The number of piperidine rings is 1. The summed E-state index contributed by atoms with van der Waals surface area (Å²) in [5.41, 5.74) is 7.74. The maximum Gasteiger partial charge on any atom is 0.313 e. The van der Waals surface area contributed by atoms with E-state index >= 15 is 0 Å². The summed E-state index contributed by atoms with van der Waals surface area (Å²) in [6, 6.07) is 10.9. The van der Waals surface area contributed by atoms with Crippen LogP contribution in [0.2, 0.25) is 0 Å². The number of nitrogens with two attached hydrogens (primary N) is 1. The van der Waals surface area contributed by atoms with E-state index in [-0.39, 0.29) is 24.4 Å². The number of benzene rings is 1. The second kappa shape index (κ2) is 8.72. The minimum absolute atomic E-state index is 0.131. The van der Waals surface area contributed by atoms with Gasteiger partial charge in [-0.1, -0.05) is 30.3 Å². The van der Waals surface area contributed by atoms with Crippen molar-refractivity contribution in [1.29, 1.82) is 0 Å². The molecule has 3 amide bonds. The van der Waals surface area contributed by atoms with E-state index < -0.39 is 11.8 Å². The van der Waals surface area contributed by atoms with Gasteiger partial charge in [0.2, 0.25) is 5.91 Å². The summed E-state index contributed by atoms with van der Waals surface area (Å²) in [7, 11) is 1.57. The maximum absolute atomic E-state index is 13.0. The van der Waals surface area contributed by atoms with E-state index in [1.165, 1.54) is 11.1 Å². The molecule has 2 heterocycles. The zero-order valence-electron chi connectivity index (χ0n) is 16.5. The Morgan fingerprint density at radius 2 is 1.90 bits per heavy atom. The number of carbonyl (C=O) groups is 3. The van der Waals surface area contributed by atoms with Crippen LogP contribution in [-0.2, 0) is 14.4 Å². The number of aryl methyl sites for hydroxylation is 1. The average molecular weight is 395 g/mol. The summed E-state index contributed by atoms with van der Waals surface area (Å²) in [4.78, 5) is 43.3. The van der Waals surface area contributed by atoms with Gasteiger partial charge < -0.3 is 21.3 Å². The van der Waals surface area contributed by atoms with Gasteiger partial charge >= 0.3 is 11.8 Å². The normalized spacial score (nSPS) is 18.8. The molecule has 8 nitrogen and oxygen atoms in total. The van der Waals surface area contributed by atoms with E-state index in [4.69, 9.17) is 5.73 Å². The molecule has 1 aromatic heterocycles. The predicted molar refractivity (Wildman–Crippen MR) is 110 cm³/mol. The van der Waals surface area contributed by atoms with Crippen LogP contribution in [0.25, 0.3) is 0 Å². The van der Waals surface area contributed by atoms with Crippen molar-refractivity contribution in [3.05, 3.63) is 53.7 Å². The number of hydrogen-bond acceptors (Lipinski definition) is 5. The molecular formula is C21H25N5O3. The highest BCUT2D eigenvalue weighted by Gasteiger charge is 2.37. The zero-order valence-corrected chi connectivity index (χ0v) is 16.5. The lowest BCUT2D eigenvalue weighted by Gasteiger charge is -2.39. The first-order valence-electron chi connectivity index (χ1n) is 9.51. The summed E-state index contributed by atoms with van der Waals surface area (Å²) >= 11 is 0. The molecule has 1 saturated heterocycles. The van der Waals surface area contributed by atoms with Gasteiger partial charge in [0.1, 0.15) is 5.82 Å². The van der Waals surface area contributed by atoms with Gasteiger partial charge in [0.05, 0.1) is 23.8 Å². The minimum Gasteiger partial charge on any atom is -0.383 e. The van der Waals surface area contributed by atoms with Crippen molar-refractivity contribution in [2.24, 2.45) is 5.92 Å². The Labute approximate surface area is 169 Å². The molecule has 152 valence electrons. The topological polar surface area (TPSA) is 117 Å². The Bertz CT molecular complexity index is 916. The average Bonchev–Trinajstić information content (AvgIpc) is 2.75. The number of anilines is 2. The van der Waals surface area contributed by atoms with Crippen LogP contribution in [0.15, 0.2) is 42.6 Å². The summed E-state index contributed by atoms with van der Waals surface area (Å²) in [5, 5.41) is 5.22. The molecule has 8 heteroatoms. The molecule has 2 atom stereocenters. The minimum atomic E-state index is -0.769. The smallest absolute Gasteiger partial charge is 0.313 e. The van der Waals surface area contributed by atoms with Crippen molar-refractivity contribution >= 4 is 29.2 Å². The molecule has 0 bridgehead atoms. The first kappa shape index (κ1) is 20.3. The molecule has 2 unspecified atom stereocenters. The van der Waals surface area contributed by atoms with Crippen molar-refractivity contribution in [3.63, 3.8) is 0 Å². The van der Waals surface area contributed by atoms with Gasteiger partial charge in [-0.05, 0) is 37.0 Å². The molecule has 0 radical (unpaired) electrons. The maximum atomic E-state index is 13.0. The summed E-state index contributed by atoms with van der Waals surface area (Å²) in [5.74, 6) is -1.57. The van der Waals surface area contributed by atoms with Crippen molar-refractivity contribution in [3.8, 4) is 0 Å². The summed E-state index contributed by atoms with van der Waals surface area (Å²) < 4.78 is 0. The number of nitrogen functional groups attached to an aromatic ring is 1. The number of pyridine rings is 1. The highest BCUT2D eigenvalue weighted by molar-refractivity contribution is 6.39. The molecule has 1 aliphatic heterocycles. The molecule has 2 aromatic rings. The molecule has 0 saturated carbocycles. The Morgan fingerprint density at radius 3 is 2.55 bits per heavy atom. The van der Waals surface area contributed by atoms with Crippen LogP contribution in [0.1, 0.15) is 30.0 Å². The third-order valence-electron chi connectivity index (χ3n) is 5.22. The molecule has 0 aliphatic carbocycles. The SMILES string of the molecule is CNC(=O)C1CCC(c2ccccc2)N(C(=O)C(=O)Nc2cnc(N)c(C)c2)C1. The first-order valence-corrected chi connectivity index (χ1v) is 9.51. The quantitative estimate of drug-likeness (QED) is 0.683. The largest absolute Gasteiger partial charge is 0.383 e. The number of likely N-dealkylation sites (tertiary alicyclic amines) is 1. The molecule has 4 N–H and O–H groups in total. The van der Waals surface area contributed by atoms with Crippen LogP contribution in [0, 0.1) is 12.8 Å². The standard InChI is InChI=1S/C21H25N5O3/c1-13-10-16(11-24-18(13)22)25-20(28)21(29)26-12-15(19(27)23-2)8-9-17(26)14-6-4-3-5-7-14/h3-7,10-11,15,17H,8-9,12H2,1-2H3,(H2,22,24)(H,23,27)(H,25,28). The number of hydrogen-bond donors (Lipinski definition) is 3. The summed E-state index contributed by atoms with van der Waals surface area (Å²) in [6.07, 6.45) is 2.65. The van der Waals surface area contributed by atoms with Crippen molar-refractivity contribution in [2.75, 3.05) is 24.6 Å². The molecule has 1 aromatic carbocycles. The van der Waals surface area contributed by atoms with Crippen LogP contribution >= 0.6 is 0 Å². The number of amides is 3. The Morgan fingerprint density at radius 1 is 1.17 bits per heavy atom. The second-order valence-electron chi connectivity index (χ2n) is 7.15. The van der Waals surface area contributed by atoms with Gasteiger partial charge in [0, 0.05) is 13.6 Å². The number of nitrogens with zero attached hydrogens (tertiary/aromatic N) is 2. The lowest BCUT2D eigenvalue weighted by atomic mass is 9.88. The molecular weight excluding hydrogens is 370 g/mol. The predicted octanol–water partition coefficient (Wildman–Crippen LogP) is 1.64. The van der Waals surface area contributed by atoms with E-state index in [1.807, 2.05) is 30.3 Å². The molecule has 3 rings (SSSR count). The number of nitrogens with one attached hydrogen (secondary N) is 2. The van der Waals surface area contributed by atoms with Crippen molar-refractivity contribution in [2.45, 2.75) is 25.8 Å². The Balaban J connectivity index is 1.82. The fourth-order valence-corrected chi connectivity index (χ4v) is 3.60. The van der Waals surface area contributed by atoms with Gasteiger partial charge in [-0.25, -0.2) is 4.98 Å². The summed E-state index contributed by atoms with van der Waals surface area (Å²) in [6.45, 7) is 1.95. The van der Waals surface area contributed by atoms with Gasteiger partial charge in [-0.3, -0.25) is 14.4 Å². The highest BCUT2D eigenvalue weighted by atomic mass is 16.2. The van der Waals surface area contributed by atoms with E-state index in [0.717, 1.165) is 5.56 Å². The third-order valence-corrected chi connectivity index (χ3v) is 5.22. The second-order valence-corrected chi connectivity index (χ2v) is 7.15. The third kappa shape index (κ3) is 4.53. The molecule has 29 heavy (non-hydrogen) atoms. The monoisotopic (exact) mass is 395 g/mol. The first-order chi connectivity index (χ1) is 13.9. The Kier molecular flexibility index (Phi) is 6.11. The number of carbonyl (C=O) groups excluding carboxylic acids is 3. The van der Waals surface area contributed by atoms with Crippen LogP contribution in [0.4, 0.5) is 11.5 Å². The van der Waals surface area contributed by atoms with E-state index in [2.05, 4.69) is 15.6 Å². The number of aromatic nitrogens is 1. The van der Waals surface area contributed by atoms with Gasteiger partial charge in [0.25, 0.3) is 0 Å². The van der Waals surface area contributed by atoms with Gasteiger partial charge in [-0.2, -0.15) is 0 Å². The van der Waals surface area contributed by atoms with Crippen LogP contribution < -0.4 is 16.4 Å². The number of rotatable bonds is 3. The molecule has 1 aliphatic rings. The zero-order chi connectivity index (χ0) is 21.0. The van der Waals surface area contributed by atoms with Crippen LogP contribution in [0.5, 0.6) is 0 Å². The van der Waals surface area contributed by atoms with Crippen LogP contribution in [0.3, 0.4) is 0 Å². The lowest BCUT2D eigenvalue weighted by molar-refractivity contribution is -0.148. The fourth-order valence-electron chi connectivity index (χ4n) is 3.60. The van der Waals surface area contributed by atoms with Crippen molar-refractivity contribution < 1.29 is 14.4 Å². The fraction of sp³-hybridized carbons (Fsp3) is 0.333. The van der Waals surface area contributed by atoms with Crippen LogP contribution in [-0.4, -0.2) is 41.2 Å². The Hall–Kier alpha value is -3.42. The van der Waals surface area contributed by atoms with Gasteiger partial charge in [0.15, 0.2) is 0 Å². The van der Waals surface area contributed by atoms with E-state index in [9.17, 15) is 14.4 Å².